The van der Waals surface area contributed by atoms with Crippen molar-refractivity contribution in [2.24, 2.45) is 0 Å². The van der Waals surface area contributed by atoms with E-state index in [0.717, 1.165) is 6.42 Å². The maximum atomic E-state index is 2.41. The lowest BCUT2D eigenvalue weighted by molar-refractivity contribution is 0.343. The fourth-order valence-corrected chi connectivity index (χ4v) is 2.78. The standard InChI is InChI=1S/C18H28N2/c1-19(2)17-11-7-15(8-12-17)5-6-16-9-13-18(14-10-16)20(3)4/h7-9,11,13,17H,5-6,10,12,14H2,1-4H3. The van der Waals surface area contributed by atoms with E-state index in [1.807, 2.05) is 0 Å². The highest BCUT2D eigenvalue weighted by atomic mass is 15.1. The van der Waals surface area contributed by atoms with Crippen molar-refractivity contribution in [3.8, 4) is 0 Å². The second-order valence-electron chi connectivity index (χ2n) is 6.28. The number of allylic oxidation sites excluding steroid dienone is 6. The maximum absolute atomic E-state index is 2.41. The molecule has 0 aromatic carbocycles. The first-order chi connectivity index (χ1) is 9.56. The van der Waals surface area contributed by atoms with E-state index in [4.69, 9.17) is 0 Å². The van der Waals surface area contributed by atoms with Crippen molar-refractivity contribution >= 4 is 0 Å². The van der Waals surface area contributed by atoms with Crippen LogP contribution in [0.25, 0.3) is 0 Å². The van der Waals surface area contributed by atoms with Crippen LogP contribution in [0, 0.1) is 0 Å². The minimum atomic E-state index is 0.582. The van der Waals surface area contributed by atoms with Crippen molar-refractivity contribution in [3.05, 3.63) is 47.2 Å². The number of rotatable bonds is 5. The normalized spacial score (nSPS) is 22.4. The van der Waals surface area contributed by atoms with Gasteiger partial charge < -0.3 is 9.80 Å². The molecule has 0 amide bonds. The lowest BCUT2D eigenvalue weighted by Crippen LogP contribution is -2.26. The van der Waals surface area contributed by atoms with Gasteiger partial charge in [0.1, 0.15) is 0 Å². The largest absolute Gasteiger partial charge is 0.381 e. The molecule has 0 aromatic rings. The van der Waals surface area contributed by atoms with Crippen LogP contribution in [0.5, 0.6) is 0 Å². The van der Waals surface area contributed by atoms with E-state index in [-0.39, 0.29) is 0 Å². The Bertz CT molecular complexity index is 450. The van der Waals surface area contributed by atoms with Crippen molar-refractivity contribution in [2.45, 2.75) is 38.1 Å². The first-order valence-corrected chi connectivity index (χ1v) is 7.66. The van der Waals surface area contributed by atoms with Gasteiger partial charge in [0.15, 0.2) is 0 Å². The molecule has 2 nitrogen and oxygen atoms in total. The van der Waals surface area contributed by atoms with Crippen LogP contribution in [-0.2, 0) is 0 Å². The topological polar surface area (TPSA) is 6.48 Å². The molecule has 0 bridgehead atoms. The first-order valence-electron chi connectivity index (χ1n) is 7.66. The molecule has 1 atom stereocenters. The average molecular weight is 272 g/mol. The summed E-state index contributed by atoms with van der Waals surface area (Å²) >= 11 is 0. The third-order valence-corrected chi connectivity index (χ3v) is 4.34. The van der Waals surface area contributed by atoms with Crippen LogP contribution in [0.3, 0.4) is 0 Å². The molecule has 0 heterocycles. The van der Waals surface area contributed by atoms with Crippen LogP contribution in [0.15, 0.2) is 47.2 Å². The zero-order valence-electron chi connectivity index (χ0n) is 13.4. The fraction of sp³-hybridized carbons (Fsp3) is 0.556. The molecule has 0 spiro atoms. The Morgan fingerprint density at radius 3 is 2.35 bits per heavy atom. The fourth-order valence-electron chi connectivity index (χ4n) is 2.78. The smallest absolute Gasteiger partial charge is 0.0309 e. The third-order valence-electron chi connectivity index (χ3n) is 4.34. The number of hydrogen-bond acceptors (Lipinski definition) is 2. The predicted molar refractivity (Wildman–Crippen MR) is 87.6 cm³/mol. The van der Waals surface area contributed by atoms with Gasteiger partial charge in [-0.25, -0.2) is 0 Å². The van der Waals surface area contributed by atoms with Gasteiger partial charge >= 0.3 is 0 Å². The molecule has 20 heavy (non-hydrogen) atoms. The Balaban J connectivity index is 1.82. The van der Waals surface area contributed by atoms with Crippen molar-refractivity contribution in [1.29, 1.82) is 0 Å². The molecule has 0 aliphatic heterocycles. The quantitative estimate of drug-likeness (QED) is 0.752. The zero-order valence-corrected chi connectivity index (χ0v) is 13.4. The van der Waals surface area contributed by atoms with E-state index in [1.165, 1.54) is 37.0 Å². The van der Waals surface area contributed by atoms with Gasteiger partial charge in [-0.3, -0.25) is 0 Å². The van der Waals surface area contributed by atoms with Gasteiger partial charge in [-0.2, -0.15) is 0 Å². The van der Waals surface area contributed by atoms with Crippen LogP contribution >= 0.6 is 0 Å². The van der Waals surface area contributed by atoms with Crippen molar-refractivity contribution < 1.29 is 0 Å². The molecular formula is C18H28N2. The van der Waals surface area contributed by atoms with Crippen LogP contribution in [0.1, 0.15) is 32.1 Å². The summed E-state index contributed by atoms with van der Waals surface area (Å²) in [6.07, 6.45) is 17.6. The van der Waals surface area contributed by atoms with Gasteiger partial charge in [0.25, 0.3) is 0 Å². The molecule has 0 fully saturated rings. The summed E-state index contributed by atoms with van der Waals surface area (Å²) in [4.78, 5) is 4.50. The molecule has 2 aliphatic carbocycles. The summed E-state index contributed by atoms with van der Waals surface area (Å²) < 4.78 is 0. The summed E-state index contributed by atoms with van der Waals surface area (Å²) in [5, 5.41) is 0. The van der Waals surface area contributed by atoms with E-state index in [2.05, 4.69) is 68.4 Å². The molecule has 0 saturated heterocycles. The maximum Gasteiger partial charge on any atom is 0.0309 e. The molecule has 0 saturated carbocycles. The van der Waals surface area contributed by atoms with Gasteiger partial charge in [0.05, 0.1) is 0 Å². The Morgan fingerprint density at radius 1 is 1.05 bits per heavy atom. The van der Waals surface area contributed by atoms with Gasteiger partial charge in [-0.1, -0.05) is 35.5 Å². The molecule has 1 unspecified atom stereocenters. The van der Waals surface area contributed by atoms with Crippen LogP contribution in [0.2, 0.25) is 0 Å². The van der Waals surface area contributed by atoms with Crippen molar-refractivity contribution in [1.82, 2.24) is 9.80 Å². The number of nitrogens with zero attached hydrogens (tertiary/aromatic N) is 2. The Morgan fingerprint density at radius 2 is 1.85 bits per heavy atom. The van der Waals surface area contributed by atoms with Crippen molar-refractivity contribution in [3.63, 3.8) is 0 Å². The Labute approximate surface area is 124 Å². The summed E-state index contributed by atoms with van der Waals surface area (Å²) in [5.74, 6) is 0. The molecule has 2 aliphatic rings. The van der Waals surface area contributed by atoms with E-state index >= 15 is 0 Å². The number of hydrogen-bond donors (Lipinski definition) is 0. The Hall–Kier alpha value is -1.28. The minimum Gasteiger partial charge on any atom is -0.381 e. The lowest BCUT2D eigenvalue weighted by atomic mass is 9.93. The van der Waals surface area contributed by atoms with Gasteiger partial charge in [0.2, 0.25) is 0 Å². The van der Waals surface area contributed by atoms with Gasteiger partial charge in [-0.15, -0.1) is 0 Å². The van der Waals surface area contributed by atoms with Crippen LogP contribution < -0.4 is 0 Å². The van der Waals surface area contributed by atoms with Gasteiger partial charge in [-0.05, 0) is 52.3 Å². The first kappa shape index (κ1) is 15.1. The lowest BCUT2D eigenvalue weighted by Gasteiger charge is -2.23. The highest BCUT2D eigenvalue weighted by Gasteiger charge is 2.12. The molecule has 0 aromatic heterocycles. The Kier molecular flexibility index (Phi) is 5.24. The van der Waals surface area contributed by atoms with Crippen molar-refractivity contribution in [2.75, 3.05) is 28.2 Å². The predicted octanol–water partition coefficient (Wildman–Crippen LogP) is 3.75. The second kappa shape index (κ2) is 6.94. The molecular weight excluding hydrogens is 244 g/mol. The van der Waals surface area contributed by atoms with E-state index in [9.17, 15) is 0 Å². The monoisotopic (exact) mass is 272 g/mol. The summed E-state index contributed by atoms with van der Waals surface area (Å²) in [6, 6.07) is 0.582. The van der Waals surface area contributed by atoms with E-state index in [1.54, 1.807) is 5.57 Å². The molecule has 110 valence electrons. The average Bonchev–Trinajstić information content (AvgIpc) is 2.46. The van der Waals surface area contributed by atoms with Gasteiger partial charge in [0, 0.05) is 25.8 Å². The third kappa shape index (κ3) is 4.11. The summed E-state index contributed by atoms with van der Waals surface area (Å²) in [5.41, 5.74) is 4.55. The SMILES string of the molecule is CN(C)C1=CC=C(CCC2=CCC(N(C)C)C=C2)CC1. The summed E-state index contributed by atoms with van der Waals surface area (Å²) in [7, 11) is 8.55. The van der Waals surface area contributed by atoms with E-state index in [0.29, 0.717) is 6.04 Å². The zero-order chi connectivity index (χ0) is 14.5. The highest BCUT2D eigenvalue weighted by molar-refractivity contribution is 5.28. The van der Waals surface area contributed by atoms with Crippen LogP contribution in [0.4, 0.5) is 0 Å². The van der Waals surface area contributed by atoms with E-state index < -0.39 is 0 Å². The molecule has 0 N–H and O–H groups in total. The highest BCUT2D eigenvalue weighted by Crippen LogP contribution is 2.26. The second-order valence-corrected chi connectivity index (χ2v) is 6.28. The molecule has 2 rings (SSSR count). The van der Waals surface area contributed by atoms with Crippen LogP contribution in [-0.4, -0.2) is 44.0 Å². The minimum absolute atomic E-state index is 0.582. The summed E-state index contributed by atoms with van der Waals surface area (Å²) in [6.45, 7) is 0. The molecule has 2 heteroatoms. The number of likely N-dealkylation sites (N-methyl/N-ethyl adjacent to an activating group) is 1. The molecule has 0 radical (unpaired) electrons.